The molecular weight excluding hydrogens is 611 g/mol. The molecule has 0 radical (unpaired) electrons. The number of anilines is 2. The Balaban J connectivity index is 1.07. The average Bonchev–Trinajstić information content (AvgIpc) is 3.72. The van der Waals surface area contributed by atoms with Gasteiger partial charge in [-0.2, -0.15) is 0 Å². The van der Waals surface area contributed by atoms with E-state index in [1.54, 1.807) is 0 Å². The molecule has 5 heteroatoms. The van der Waals surface area contributed by atoms with E-state index in [2.05, 4.69) is 154 Å². The fourth-order valence-corrected chi connectivity index (χ4v) is 7.99. The SMILES string of the molecule is C1=CC2c3ccccc3N(c3ccccc3)C2c2c1n(-c1ccc(C3=NC(c4ccccc4)N=C(c4ccccc4)N3)cc1)c1ccccc21. The first-order chi connectivity index (χ1) is 24.8. The van der Waals surface area contributed by atoms with Gasteiger partial charge >= 0.3 is 0 Å². The molecule has 0 amide bonds. The number of nitrogens with one attached hydrogen (secondary N) is 1. The highest BCUT2D eigenvalue weighted by molar-refractivity contribution is 6.16. The van der Waals surface area contributed by atoms with Gasteiger partial charge in [0.05, 0.1) is 17.3 Å². The van der Waals surface area contributed by atoms with Crippen LogP contribution in [0.4, 0.5) is 11.4 Å². The number of hydrogen-bond donors (Lipinski definition) is 1. The summed E-state index contributed by atoms with van der Waals surface area (Å²) in [6.45, 7) is 0. The van der Waals surface area contributed by atoms with E-state index in [4.69, 9.17) is 9.98 Å². The molecule has 3 unspecified atom stereocenters. The van der Waals surface area contributed by atoms with Crippen molar-refractivity contribution >= 4 is 40.0 Å². The van der Waals surface area contributed by atoms with Crippen LogP contribution in [0.1, 0.15) is 51.6 Å². The van der Waals surface area contributed by atoms with Crippen LogP contribution in [0.15, 0.2) is 180 Å². The Morgan fingerprint density at radius 2 is 1.16 bits per heavy atom. The molecule has 3 aliphatic rings. The largest absolute Gasteiger partial charge is 0.333 e. The van der Waals surface area contributed by atoms with Gasteiger partial charge in [0.15, 0.2) is 6.17 Å². The third-order valence-corrected chi connectivity index (χ3v) is 10.2. The smallest absolute Gasteiger partial charge is 0.169 e. The Labute approximate surface area is 291 Å². The van der Waals surface area contributed by atoms with Crippen molar-refractivity contribution in [1.29, 1.82) is 0 Å². The lowest BCUT2D eigenvalue weighted by atomic mass is 9.84. The monoisotopic (exact) mass is 643 g/mol. The molecule has 0 bridgehead atoms. The number of amidine groups is 2. The second-order valence-electron chi connectivity index (χ2n) is 13.0. The predicted octanol–water partition coefficient (Wildman–Crippen LogP) is 10.1. The van der Waals surface area contributed by atoms with Gasteiger partial charge in [-0.05, 0) is 65.7 Å². The fourth-order valence-electron chi connectivity index (χ4n) is 7.99. The van der Waals surface area contributed by atoms with Crippen LogP contribution in [0.5, 0.6) is 0 Å². The standard InChI is InChI=1S/C45H33N5/c1-4-14-30(15-5-1)43-46-44(31-16-6-2-7-17-31)48-45(47-43)32-24-26-34(27-25-32)49-39-23-13-11-21-37(39)41-40(49)29-28-36-35-20-10-12-22-38(35)50(42(36)41)33-18-8-3-9-19-33/h1-29,36,42-43H,(H,46,47,48). The van der Waals surface area contributed by atoms with Crippen molar-refractivity contribution in [3.63, 3.8) is 0 Å². The van der Waals surface area contributed by atoms with Crippen molar-refractivity contribution in [2.75, 3.05) is 4.90 Å². The summed E-state index contributed by atoms with van der Waals surface area (Å²) >= 11 is 0. The summed E-state index contributed by atoms with van der Waals surface area (Å²) in [6, 6.07) is 58.1. The third kappa shape index (κ3) is 4.55. The van der Waals surface area contributed by atoms with Gasteiger partial charge in [0.25, 0.3) is 0 Å². The summed E-state index contributed by atoms with van der Waals surface area (Å²) in [5, 5.41) is 4.84. The van der Waals surface area contributed by atoms with Crippen LogP contribution in [0.25, 0.3) is 22.7 Å². The van der Waals surface area contributed by atoms with Gasteiger partial charge in [0, 0.05) is 45.1 Å². The minimum absolute atomic E-state index is 0.145. The number of aliphatic imine (C=N–C) groups is 2. The maximum Gasteiger partial charge on any atom is 0.169 e. The summed E-state index contributed by atoms with van der Waals surface area (Å²) in [7, 11) is 0. The highest BCUT2D eigenvalue weighted by Gasteiger charge is 2.43. The first-order valence-electron chi connectivity index (χ1n) is 17.2. The van der Waals surface area contributed by atoms with Crippen molar-refractivity contribution in [1.82, 2.24) is 9.88 Å². The zero-order valence-corrected chi connectivity index (χ0v) is 27.3. The second-order valence-corrected chi connectivity index (χ2v) is 13.0. The number of nitrogens with zero attached hydrogens (tertiary/aromatic N) is 4. The second kappa shape index (κ2) is 11.6. The number of para-hydroxylation sites is 3. The van der Waals surface area contributed by atoms with Gasteiger partial charge in [-0.3, -0.25) is 0 Å². The van der Waals surface area contributed by atoms with Gasteiger partial charge in [0.2, 0.25) is 0 Å². The average molecular weight is 644 g/mol. The van der Waals surface area contributed by atoms with Crippen LogP contribution < -0.4 is 10.2 Å². The fraction of sp³-hybridized carbons (Fsp3) is 0.0667. The first-order valence-corrected chi connectivity index (χ1v) is 17.2. The van der Waals surface area contributed by atoms with Crippen LogP contribution in [-0.2, 0) is 0 Å². The molecule has 1 aliphatic carbocycles. The molecule has 3 atom stereocenters. The number of rotatable bonds is 5. The van der Waals surface area contributed by atoms with Crippen molar-refractivity contribution in [2.24, 2.45) is 9.98 Å². The Hall–Kier alpha value is -6.46. The molecule has 238 valence electrons. The molecule has 1 N–H and O–H groups in total. The van der Waals surface area contributed by atoms with Gasteiger partial charge in [-0.1, -0.05) is 121 Å². The minimum atomic E-state index is -0.330. The van der Waals surface area contributed by atoms with Gasteiger partial charge < -0.3 is 14.8 Å². The number of benzene rings is 6. The van der Waals surface area contributed by atoms with Crippen LogP contribution in [0.3, 0.4) is 0 Å². The molecule has 1 aromatic heterocycles. The molecule has 6 aromatic carbocycles. The van der Waals surface area contributed by atoms with E-state index in [9.17, 15) is 0 Å². The number of fused-ring (bicyclic) bond motifs is 7. The predicted molar refractivity (Wildman–Crippen MR) is 205 cm³/mol. The van der Waals surface area contributed by atoms with E-state index in [0.717, 1.165) is 34.0 Å². The summed E-state index contributed by atoms with van der Waals surface area (Å²) < 4.78 is 2.42. The summed E-state index contributed by atoms with van der Waals surface area (Å²) in [4.78, 5) is 12.7. The first kappa shape index (κ1) is 28.5. The maximum atomic E-state index is 5.10. The molecule has 2 aliphatic heterocycles. The lowest BCUT2D eigenvalue weighted by Crippen LogP contribution is -2.36. The maximum absolute atomic E-state index is 5.10. The van der Waals surface area contributed by atoms with Crippen molar-refractivity contribution in [3.8, 4) is 5.69 Å². The van der Waals surface area contributed by atoms with E-state index in [1.807, 2.05) is 36.4 Å². The van der Waals surface area contributed by atoms with E-state index in [-0.39, 0.29) is 18.1 Å². The molecule has 0 saturated heterocycles. The molecule has 3 heterocycles. The topological polar surface area (TPSA) is 44.9 Å². The van der Waals surface area contributed by atoms with Crippen molar-refractivity contribution in [3.05, 3.63) is 203 Å². The van der Waals surface area contributed by atoms with Crippen LogP contribution in [0, 0.1) is 0 Å². The van der Waals surface area contributed by atoms with E-state index >= 15 is 0 Å². The van der Waals surface area contributed by atoms with Crippen molar-refractivity contribution < 1.29 is 0 Å². The normalized spacial score (nSPS) is 18.9. The molecule has 0 spiro atoms. The molecular formula is C45H33N5. The molecule has 0 fully saturated rings. The molecule has 50 heavy (non-hydrogen) atoms. The Bertz CT molecular complexity index is 2460. The number of hydrogen-bond acceptors (Lipinski definition) is 4. The third-order valence-electron chi connectivity index (χ3n) is 10.2. The van der Waals surface area contributed by atoms with Gasteiger partial charge in [-0.25, -0.2) is 9.98 Å². The Kier molecular flexibility index (Phi) is 6.62. The highest BCUT2D eigenvalue weighted by Crippen LogP contribution is 2.57. The van der Waals surface area contributed by atoms with Crippen LogP contribution >= 0.6 is 0 Å². The lowest BCUT2D eigenvalue weighted by Gasteiger charge is -2.32. The summed E-state index contributed by atoms with van der Waals surface area (Å²) in [6.07, 6.45) is 4.42. The van der Waals surface area contributed by atoms with Gasteiger partial charge in [0.1, 0.15) is 11.7 Å². The Morgan fingerprint density at radius 1 is 0.540 bits per heavy atom. The summed E-state index contributed by atoms with van der Waals surface area (Å²) in [5.74, 6) is 1.89. The zero-order chi connectivity index (χ0) is 33.0. The van der Waals surface area contributed by atoms with E-state index in [1.165, 1.54) is 39.1 Å². The van der Waals surface area contributed by atoms with Crippen molar-refractivity contribution in [2.45, 2.75) is 18.1 Å². The summed E-state index contributed by atoms with van der Waals surface area (Å²) in [5.41, 5.74) is 11.9. The molecule has 7 aromatic rings. The van der Waals surface area contributed by atoms with E-state index in [0.29, 0.717) is 0 Å². The zero-order valence-electron chi connectivity index (χ0n) is 27.3. The quantitative estimate of drug-likeness (QED) is 0.203. The molecule has 0 saturated carbocycles. The Morgan fingerprint density at radius 3 is 1.92 bits per heavy atom. The van der Waals surface area contributed by atoms with E-state index < -0.39 is 0 Å². The minimum Gasteiger partial charge on any atom is -0.333 e. The lowest BCUT2D eigenvalue weighted by molar-refractivity contribution is 0.669. The highest BCUT2D eigenvalue weighted by atomic mass is 15.2. The van der Waals surface area contributed by atoms with Gasteiger partial charge in [-0.15, -0.1) is 0 Å². The molecule has 10 rings (SSSR count). The van der Waals surface area contributed by atoms with Crippen LogP contribution in [-0.4, -0.2) is 16.2 Å². The number of aromatic nitrogens is 1. The van der Waals surface area contributed by atoms with Crippen LogP contribution in [0.2, 0.25) is 0 Å². The molecule has 5 nitrogen and oxygen atoms in total.